The van der Waals surface area contributed by atoms with Crippen LogP contribution < -0.4 is 15.0 Å². The molecule has 0 aliphatic rings. The molecule has 4 nitrogen and oxygen atoms in total. The zero-order chi connectivity index (χ0) is 13.2. The number of rotatable bonds is 3. The molecule has 0 amide bonds. The van der Waals surface area contributed by atoms with Gasteiger partial charge in [-0.1, -0.05) is 0 Å². The van der Waals surface area contributed by atoms with Gasteiger partial charge in [0.05, 0.1) is 7.11 Å². The molecular weight excluding hydrogens is 253 g/mol. The standard InChI is InChI=1S/C8H6F5NO3/c1-16-3-2-4(17-8(11,12)13)14-7(15)5(3)6(9)10/h2,6H,1H3,(H,14,15). The lowest BCUT2D eigenvalue weighted by molar-refractivity contribution is -0.276. The van der Waals surface area contributed by atoms with Gasteiger partial charge in [0.1, 0.15) is 11.3 Å². The molecule has 0 aromatic carbocycles. The average molecular weight is 259 g/mol. The van der Waals surface area contributed by atoms with Gasteiger partial charge in [-0.25, -0.2) is 8.78 Å². The lowest BCUT2D eigenvalue weighted by atomic mass is 10.2. The second kappa shape index (κ2) is 4.60. The normalized spacial score (nSPS) is 11.7. The lowest BCUT2D eigenvalue weighted by Crippen LogP contribution is -2.22. The van der Waals surface area contributed by atoms with Crippen molar-refractivity contribution in [3.05, 3.63) is 22.0 Å². The molecule has 9 heteroatoms. The van der Waals surface area contributed by atoms with Gasteiger partial charge >= 0.3 is 6.36 Å². The van der Waals surface area contributed by atoms with Crippen LogP contribution in [0.1, 0.15) is 12.0 Å². The third-order valence-electron chi connectivity index (χ3n) is 1.67. The molecule has 0 saturated carbocycles. The molecule has 0 saturated heterocycles. The Hall–Kier alpha value is -1.80. The lowest BCUT2D eigenvalue weighted by Gasteiger charge is -2.11. The smallest absolute Gasteiger partial charge is 0.496 e. The first kappa shape index (κ1) is 13.3. The largest absolute Gasteiger partial charge is 0.574 e. The van der Waals surface area contributed by atoms with E-state index < -0.39 is 35.5 Å². The van der Waals surface area contributed by atoms with E-state index in [0.717, 1.165) is 7.11 Å². The fourth-order valence-electron chi connectivity index (χ4n) is 1.08. The van der Waals surface area contributed by atoms with Crippen molar-refractivity contribution in [2.24, 2.45) is 0 Å². The molecule has 0 bridgehead atoms. The van der Waals surface area contributed by atoms with E-state index in [0.29, 0.717) is 6.07 Å². The molecule has 1 rings (SSSR count). The Kier molecular flexibility index (Phi) is 3.59. The van der Waals surface area contributed by atoms with Crippen LogP contribution in [0.4, 0.5) is 22.0 Å². The van der Waals surface area contributed by atoms with Crippen molar-refractivity contribution in [2.45, 2.75) is 12.8 Å². The summed E-state index contributed by atoms with van der Waals surface area (Å²) in [4.78, 5) is 12.6. The molecule has 0 aliphatic heterocycles. The van der Waals surface area contributed by atoms with Crippen LogP contribution >= 0.6 is 0 Å². The van der Waals surface area contributed by atoms with E-state index in [1.807, 2.05) is 0 Å². The van der Waals surface area contributed by atoms with Gasteiger partial charge in [-0.05, 0) is 0 Å². The van der Waals surface area contributed by atoms with Crippen molar-refractivity contribution in [1.82, 2.24) is 4.98 Å². The Morgan fingerprint density at radius 2 is 1.94 bits per heavy atom. The quantitative estimate of drug-likeness (QED) is 0.847. The summed E-state index contributed by atoms with van der Waals surface area (Å²) in [5, 5.41) is 0. The summed E-state index contributed by atoms with van der Waals surface area (Å²) in [6, 6.07) is 0.524. The molecule has 1 heterocycles. The summed E-state index contributed by atoms with van der Waals surface area (Å²) in [5.41, 5.74) is -2.46. The molecule has 0 aliphatic carbocycles. The third kappa shape index (κ3) is 3.33. The predicted molar refractivity (Wildman–Crippen MR) is 45.3 cm³/mol. The van der Waals surface area contributed by atoms with Gasteiger partial charge in [0, 0.05) is 6.07 Å². The highest BCUT2D eigenvalue weighted by molar-refractivity contribution is 5.36. The number of pyridine rings is 1. The summed E-state index contributed by atoms with van der Waals surface area (Å²) in [6.07, 6.45) is -8.21. The highest BCUT2D eigenvalue weighted by Crippen LogP contribution is 2.29. The van der Waals surface area contributed by atoms with E-state index in [-0.39, 0.29) is 0 Å². The van der Waals surface area contributed by atoms with Crippen molar-refractivity contribution < 1.29 is 31.4 Å². The maximum Gasteiger partial charge on any atom is 0.574 e. The summed E-state index contributed by atoms with van der Waals surface area (Å²) < 4.78 is 68.0. The number of H-pyrrole nitrogens is 1. The van der Waals surface area contributed by atoms with Crippen LogP contribution in [0.25, 0.3) is 0 Å². The molecule has 0 radical (unpaired) electrons. The van der Waals surface area contributed by atoms with Crippen molar-refractivity contribution >= 4 is 0 Å². The summed E-state index contributed by atoms with van der Waals surface area (Å²) in [5.74, 6) is -1.70. The minimum absolute atomic E-state index is 0.524. The molecule has 0 atom stereocenters. The number of aromatic amines is 1. The van der Waals surface area contributed by atoms with E-state index in [2.05, 4.69) is 9.47 Å². The summed E-state index contributed by atoms with van der Waals surface area (Å²) >= 11 is 0. The van der Waals surface area contributed by atoms with Gasteiger partial charge < -0.3 is 9.47 Å². The summed E-state index contributed by atoms with van der Waals surface area (Å²) in [6.45, 7) is 0. The highest BCUT2D eigenvalue weighted by atomic mass is 19.4. The van der Waals surface area contributed by atoms with Crippen molar-refractivity contribution in [1.29, 1.82) is 0 Å². The zero-order valence-corrected chi connectivity index (χ0v) is 8.27. The number of halogens is 5. The number of hydrogen-bond acceptors (Lipinski definition) is 3. The number of alkyl halides is 5. The first-order valence-electron chi connectivity index (χ1n) is 4.09. The molecule has 0 fully saturated rings. The monoisotopic (exact) mass is 259 g/mol. The number of aromatic nitrogens is 1. The second-order valence-electron chi connectivity index (χ2n) is 2.79. The van der Waals surface area contributed by atoms with Crippen molar-refractivity contribution in [3.63, 3.8) is 0 Å². The second-order valence-corrected chi connectivity index (χ2v) is 2.79. The first-order valence-corrected chi connectivity index (χ1v) is 4.09. The maximum absolute atomic E-state index is 12.4. The number of methoxy groups -OCH3 is 1. The van der Waals surface area contributed by atoms with E-state index in [1.165, 1.54) is 4.98 Å². The Bertz CT molecular complexity index is 453. The van der Waals surface area contributed by atoms with Crippen LogP contribution in [-0.4, -0.2) is 18.5 Å². The minimum atomic E-state index is -5.04. The Labute approximate surface area is 91.0 Å². The van der Waals surface area contributed by atoms with Gasteiger partial charge in [0.2, 0.25) is 5.88 Å². The molecular formula is C8H6F5NO3. The molecule has 0 spiro atoms. The Balaban J connectivity index is 3.23. The van der Waals surface area contributed by atoms with Crippen LogP contribution in [0, 0.1) is 0 Å². The number of hydrogen-bond donors (Lipinski definition) is 1. The van der Waals surface area contributed by atoms with Gasteiger partial charge in [-0.2, -0.15) is 0 Å². The van der Waals surface area contributed by atoms with Gasteiger partial charge in [-0.3, -0.25) is 9.78 Å². The fourth-order valence-corrected chi connectivity index (χ4v) is 1.08. The van der Waals surface area contributed by atoms with Crippen molar-refractivity contribution in [2.75, 3.05) is 7.11 Å². The fraction of sp³-hybridized carbons (Fsp3) is 0.375. The van der Waals surface area contributed by atoms with Crippen LogP contribution in [0.5, 0.6) is 11.6 Å². The van der Waals surface area contributed by atoms with Crippen LogP contribution in [0.3, 0.4) is 0 Å². The maximum atomic E-state index is 12.4. The molecule has 1 aromatic rings. The third-order valence-corrected chi connectivity index (χ3v) is 1.67. The molecule has 1 N–H and O–H groups in total. The zero-order valence-electron chi connectivity index (χ0n) is 8.27. The number of nitrogens with one attached hydrogen (secondary N) is 1. The Morgan fingerprint density at radius 3 is 2.35 bits per heavy atom. The van der Waals surface area contributed by atoms with Crippen molar-refractivity contribution in [3.8, 4) is 11.6 Å². The predicted octanol–water partition coefficient (Wildman–Crippen LogP) is 2.22. The van der Waals surface area contributed by atoms with E-state index in [9.17, 15) is 26.7 Å². The van der Waals surface area contributed by atoms with Gasteiger partial charge in [0.25, 0.3) is 12.0 Å². The molecule has 17 heavy (non-hydrogen) atoms. The number of ether oxygens (including phenoxy) is 2. The average Bonchev–Trinajstić information content (AvgIpc) is 2.12. The van der Waals surface area contributed by atoms with Crippen LogP contribution in [0.2, 0.25) is 0 Å². The van der Waals surface area contributed by atoms with Gasteiger partial charge in [-0.15, -0.1) is 13.2 Å². The minimum Gasteiger partial charge on any atom is -0.496 e. The first-order chi connectivity index (χ1) is 7.74. The highest BCUT2D eigenvalue weighted by Gasteiger charge is 2.32. The van der Waals surface area contributed by atoms with Crippen LogP contribution in [-0.2, 0) is 0 Å². The van der Waals surface area contributed by atoms with Gasteiger partial charge in [0.15, 0.2) is 0 Å². The molecule has 96 valence electrons. The SMILES string of the molecule is COc1cc(OC(F)(F)F)[nH]c(=O)c1C(F)F. The van der Waals surface area contributed by atoms with Crippen LogP contribution in [0.15, 0.2) is 10.9 Å². The van der Waals surface area contributed by atoms with E-state index in [4.69, 9.17) is 0 Å². The topological polar surface area (TPSA) is 51.3 Å². The summed E-state index contributed by atoms with van der Waals surface area (Å²) in [7, 11) is 0.942. The molecule has 1 aromatic heterocycles. The van der Waals surface area contributed by atoms with E-state index >= 15 is 0 Å². The Morgan fingerprint density at radius 1 is 1.35 bits per heavy atom. The molecule has 0 unspecified atom stereocenters. The van der Waals surface area contributed by atoms with E-state index in [1.54, 1.807) is 0 Å².